The zero-order valence-corrected chi connectivity index (χ0v) is 29.3. The second-order valence-corrected chi connectivity index (χ2v) is 14.0. The van der Waals surface area contributed by atoms with Gasteiger partial charge in [0.05, 0.1) is 5.39 Å². The lowest BCUT2D eigenvalue weighted by Crippen LogP contribution is -1.90. The second-order valence-electron chi connectivity index (χ2n) is 14.0. The summed E-state index contributed by atoms with van der Waals surface area (Å²) in [7, 11) is 0. The molecule has 0 radical (unpaired) electrons. The largest absolute Gasteiger partial charge is 0.456 e. The summed E-state index contributed by atoms with van der Waals surface area (Å²) in [6.07, 6.45) is 0. The van der Waals surface area contributed by atoms with Crippen LogP contribution in [0.2, 0.25) is 0 Å². The van der Waals surface area contributed by atoms with E-state index in [9.17, 15) is 0 Å². The Kier molecular flexibility index (Phi) is 6.90. The van der Waals surface area contributed by atoms with Gasteiger partial charge < -0.3 is 8.83 Å². The lowest BCUT2D eigenvalue weighted by molar-refractivity contribution is 0.634. The van der Waals surface area contributed by atoms with Crippen LogP contribution in [0.15, 0.2) is 203 Å². The molecule has 0 amide bonds. The van der Waals surface area contributed by atoms with Gasteiger partial charge in [-0.25, -0.2) is 0 Å². The monoisotopic (exact) mass is 688 g/mol. The van der Waals surface area contributed by atoms with Crippen molar-refractivity contribution in [1.82, 2.24) is 0 Å². The van der Waals surface area contributed by atoms with Gasteiger partial charge in [0.25, 0.3) is 0 Å². The molecule has 0 saturated heterocycles. The predicted molar refractivity (Wildman–Crippen MR) is 226 cm³/mol. The fraction of sp³-hybridized carbons (Fsp3) is 0. The molecule has 2 heterocycles. The van der Waals surface area contributed by atoms with Crippen molar-refractivity contribution >= 4 is 54.5 Å². The lowest BCUT2D eigenvalue weighted by atomic mass is 9.86. The average Bonchev–Trinajstić information content (AvgIpc) is 3.82. The molecule has 0 aliphatic rings. The Bertz CT molecular complexity index is 3110. The van der Waals surface area contributed by atoms with E-state index < -0.39 is 0 Å². The molecule has 2 heteroatoms. The van der Waals surface area contributed by atoms with Gasteiger partial charge in [0.1, 0.15) is 22.5 Å². The topological polar surface area (TPSA) is 26.3 Å². The minimum Gasteiger partial charge on any atom is -0.456 e. The highest BCUT2D eigenvalue weighted by atomic mass is 16.3. The van der Waals surface area contributed by atoms with Crippen LogP contribution in [0.1, 0.15) is 0 Å². The number of benzene rings is 9. The van der Waals surface area contributed by atoms with E-state index in [0.29, 0.717) is 0 Å². The van der Waals surface area contributed by atoms with Crippen molar-refractivity contribution in [2.24, 2.45) is 0 Å². The van der Waals surface area contributed by atoms with Gasteiger partial charge in [0.15, 0.2) is 0 Å². The van der Waals surface area contributed by atoms with Crippen LogP contribution in [0.3, 0.4) is 0 Å². The van der Waals surface area contributed by atoms with Gasteiger partial charge in [-0.2, -0.15) is 0 Å². The smallest absolute Gasteiger partial charge is 0.147 e. The van der Waals surface area contributed by atoms with Crippen LogP contribution in [-0.2, 0) is 0 Å². The molecule has 11 rings (SSSR count). The summed E-state index contributed by atoms with van der Waals surface area (Å²) in [5.74, 6) is 0.866. The Labute approximate surface area is 312 Å². The van der Waals surface area contributed by atoms with Gasteiger partial charge in [0, 0.05) is 21.9 Å². The maximum absolute atomic E-state index is 6.82. The van der Waals surface area contributed by atoms with Gasteiger partial charge in [-0.3, -0.25) is 0 Å². The average molecular weight is 689 g/mol. The molecule has 0 unspecified atom stereocenters. The van der Waals surface area contributed by atoms with E-state index >= 15 is 0 Å². The molecule has 0 aliphatic heterocycles. The van der Waals surface area contributed by atoms with Crippen LogP contribution in [0.25, 0.3) is 110 Å². The maximum Gasteiger partial charge on any atom is 0.147 e. The molecule has 2 aromatic heterocycles. The fourth-order valence-electron chi connectivity index (χ4n) is 8.46. The van der Waals surface area contributed by atoms with Crippen LogP contribution in [-0.4, -0.2) is 0 Å². The lowest BCUT2D eigenvalue weighted by Gasteiger charge is -2.18. The zero-order valence-electron chi connectivity index (χ0n) is 29.3. The summed E-state index contributed by atoms with van der Waals surface area (Å²) >= 11 is 0. The standard InChI is InChI=1S/C52H32O2/c1-4-14-34(15-5-1)47-39-20-10-12-22-41(39)48(42-23-13-11-21-40(42)47)36-26-24-33(25-27-36)38-28-29-43-46(32-38)53-45-31-30-44-49(35-16-6-2-7-17-35)51(54-52(44)50(43)45)37-18-8-3-9-19-37/h1-32H. The van der Waals surface area contributed by atoms with E-state index in [1.165, 1.54) is 43.8 Å². The molecule has 0 saturated carbocycles. The molecular formula is C52H32O2. The third-order valence-electron chi connectivity index (χ3n) is 10.9. The highest BCUT2D eigenvalue weighted by molar-refractivity contribution is 6.22. The number of rotatable bonds is 5. The number of hydrogen-bond acceptors (Lipinski definition) is 2. The van der Waals surface area contributed by atoms with E-state index in [1.807, 2.05) is 12.1 Å². The summed E-state index contributed by atoms with van der Waals surface area (Å²) in [6, 6.07) is 69.0. The molecule has 0 atom stereocenters. The predicted octanol–water partition coefficient (Wildman–Crippen LogP) is 15.0. The van der Waals surface area contributed by atoms with Crippen LogP contribution >= 0.6 is 0 Å². The van der Waals surface area contributed by atoms with Crippen molar-refractivity contribution in [3.05, 3.63) is 194 Å². The van der Waals surface area contributed by atoms with Crippen LogP contribution in [0.5, 0.6) is 0 Å². The Morgan fingerprint density at radius 2 is 0.704 bits per heavy atom. The van der Waals surface area contributed by atoms with Gasteiger partial charge in [0.2, 0.25) is 0 Å². The molecule has 9 aromatic carbocycles. The van der Waals surface area contributed by atoms with E-state index in [1.54, 1.807) is 0 Å². The van der Waals surface area contributed by atoms with Crippen molar-refractivity contribution in [2.75, 3.05) is 0 Å². The molecule has 252 valence electrons. The minimum absolute atomic E-state index is 0.815. The van der Waals surface area contributed by atoms with Crippen molar-refractivity contribution in [1.29, 1.82) is 0 Å². The van der Waals surface area contributed by atoms with E-state index in [-0.39, 0.29) is 0 Å². The highest BCUT2D eigenvalue weighted by Crippen LogP contribution is 2.47. The van der Waals surface area contributed by atoms with Crippen molar-refractivity contribution in [3.8, 4) is 55.8 Å². The van der Waals surface area contributed by atoms with Crippen LogP contribution < -0.4 is 0 Å². The molecule has 0 aliphatic carbocycles. The number of fused-ring (bicyclic) bond motifs is 7. The summed E-state index contributed by atoms with van der Waals surface area (Å²) in [5.41, 5.74) is 13.0. The Hall–Kier alpha value is -7.16. The Morgan fingerprint density at radius 1 is 0.259 bits per heavy atom. The highest BCUT2D eigenvalue weighted by Gasteiger charge is 2.22. The van der Waals surface area contributed by atoms with Crippen LogP contribution in [0.4, 0.5) is 0 Å². The SMILES string of the molecule is c1ccc(-c2oc3c(ccc4oc5cc(-c6ccc(-c7c8ccccc8c(-c8ccccc8)c8ccccc78)cc6)ccc5c43)c2-c2ccccc2)cc1. The molecule has 54 heavy (non-hydrogen) atoms. The third-order valence-corrected chi connectivity index (χ3v) is 10.9. The summed E-state index contributed by atoms with van der Waals surface area (Å²) in [4.78, 5) is 0. The third kappa shape index (κ3) is 4.74. The summed E-state index contributed by atoms with van der Waals surface area (Å²) in [5, 5.41) is 8.14. The first kappa shape index (κ1) is 30.5. The molecule has 2 nitrogen and oxygen atoms in total. The Morgan fingerprint density at radius 3 is 1.28 bits per heavy atom. The minimum atomic E-state index is 0.815. The number of furan rings is 2. The fourth-order valence-corrected chi connectivity index (χ4v) is 8.46. The quantitative estimate of drug-likeness (QED) is 0.168. The van der Waals surface area contributed by atoms with Crippen LogP contribution in [0, 0.1) is 0 Å². The van der Waals surface area contributed by atoms with E-state index in [4.69, 9.17) is 8.83 Å². The molecular weight excluding hydrogens is 657 g/mol. The molecule has 0 N–H and O–H groups in total. The van der Waals surface area contributed by atoms with Crippen molar-refractivity contribution in [3.63, 3.8) is 0 Å². The normalized spacial score (nSPS) is 11.7. The molecule has 0 fully saturated rings. The van der Waals surface area contributed by atoms with Gasteiger partial charge >= 0.3 is 0 Å². The van der Waals surface area contributed by atoms with Gasteiger partial charge in [-0.1, -0.05) is 170 Å². The maximum atomic E-state index is 6.82. The first-order valence-electron chi connectivity index (χ1n) is 18.4. The van der Waals surface area contributed by atoms with E-state index in [2.05, 4.69) is 182 Å². The Balaban J connectivity index is 1.04. The van der Waals surface area contributed by atoms with Gasteiger partial charge in [-0.15, -0.1) is 0 Å². The molecule has 11 aromatic rings. The summed E-state index contributed by atoms with van der Waals surface area (Å²) in [6.45, 7) is 0. The number of hydrogen-bond donors (Lipinski definition) is 0. The zero-order chi connectivity index (χ0) is 35.6. The summed E-state index contributed by atoms with van der Waals surface area (Å²) < 4.78 is 13.4. The van der Waals surface area contributed by atoms with Crippen molar-refractivity contribution < 1.29 is 8.83 Å². The molecule has 0 bridgehead atoms. The first-order valence-corrected chi connectivity index (χ1v) is 18.4. The second kappa shape index (κ2) is 12.2. The van der Waals surface area contributed by atoms with Crippen molar-refractivity contribution in [2.45, 2.75) is 0 Å². The van der Waals surface area contributed by atoms with E-state index in [0.717, 1.165) is 66.5 Å². The first-order chi connectivity index (χ1) is 26.8. The molecule has 0 spiro atoms. The van der Waals surface area contributed by atoms with Gasteiger partial charge in [-0.05, 0) is 84.8 Å².